The van der Waals surface area contributed by atoms with E-state index in [4.69, 9.17) is 12.2 Å². The summed E-state index contributed by atoms with van der Waals surface area (Å²) in [5, 5.41) is 0. The molecule has 0 bridgehead atoms. The topological polar surface area (TPSA) is 46.2 Å². The van der Waals surface area contributed by atoms with E-state index in [1.807, 2.05) is 43.5 Å². The average molecular weight is 366 g/mol. The Morgan fingerprint density at radius 2 is 1.57 bits per heavy atom. The Bertz CT molecular complexity index is 746. The summed E-state index contributed by atoms with van der Waals surface area (Å²) >= 11 is 6.86. The van der Waals surface area contributed by atoms with Crippen molar-refractivity contribution in [2.24, 2.45) is 5.92 Å². The fraction of sp³-hybridized carbons (Fsp3) is 0.235. The fourth-order valence-corrected chi connectivity index (χ4v) is 4.25. The zero-order valence-electron chi connectivity index (χ0n) is 13.0. The Morgan fingerprint density at radius 3 is 2.09 bits per heavy atom. The summed E-state index contributed by atoms with van der Waals surface area (Å²) in [6.45, 7) is 1.95. The van der Waals surface area contributed by atoms with Crippen LogP contribution >= 0.6 is 24.0 Å². The highest BCUT2D eigenvalue weighted by Crippen LogP contribution is 2.28. The molecule has 0 aliphatic rings. The molecular formula is C17H19NO2S3. The second kappa shape index (κ2) is 8.06. The summed E-state index contributed by atoms with van der Waals surface area (Å²) in [6.07, 6.45) is 1.91. The van der Waals surface area contributed by atoms with Crippen LogP contribution in [0.1, 0.15) is 18.5 Å². The fourth-order valence-electron chi connectivity index (χ4n) is 2.28. The van der Waals surface area contributed by atoms with Crippen molar-refractivity contribution in [3.05, 3.63) is 66.2 Å². The Kier molecular flexibility index (Phi) is 6.35. The largest absolute Gasteiger partial charge is 0.241 e. The molecule has 3 nitrogen and oxygen atoms in total. The smallest absolute Gasteiger partial charge is 0.207 e. The lowest BCUT2D eigenvalue weighted by Gasteiger charge is -2.25. The highest BCUT2D eigenvalue weighted by atomic mass is 32.2. The van der Waals surface area contributed by atoms with E-state index in [-0.39, 0.29) is 10.8 Å². The van der Waals surface area contributed by atoms with Crippen LogP contribution in [0.2, 0.25) is 0 Å². The summed E-state index contributed by atoms with van der Waals surface area (Å²) < 4.78 is 28.9. The number of nitrogens with one attached hydrogen (secondary N) is 1. The van der Waals surface area contributed by atoms with Crippen LogP contribution in [0, 0.1) is 5.92 Å². The van der Waals surface area contributed by atoms with E-state index in [9.17, 15) is 8.42 Å². The predicted molar refractivity (Wildman–Crippen MR) is 101 cm³/mol. The highest BCUT2D eigenvalue weighted by Gasteiger charge is 2.27. The molecule has 2 unspecified atom stereocenters. The van der Waals surface area contributed by atoms with Gasteiger partial charge >= 0.3 is 0 Å². The quantitative estimate of drug-likeness (QED) is 0.785. The Labute approximate surface area is 147 Å². The lowest BCUT2D eigenvalue weighted by molar-refractivity contribution is 0.519. The van der Waals surface area contributed by atoms with Gasteiger partial charge in [-0.05, 0) is 24.0 Å². The molecule has 0 radical (unpaired) electrons. The van der Waals surface area contributed by atoms with Crippen LogP contribution in [0.15, 0.2) is 65.6 Å². The van der Waals surface area contributed by atoms with Crippen LogP contribution in [0.4, 0.5) is 0 Å². The SMILES string of the molecule is CSC(=S)C(C)C(NS(=O)(=O)c1ccccc1)c1ccccc1. The molecule has 0 aliphatic heterocycles. The molecule has 0 heterocycles. The minimum absolute atomic E-state index is 0.110. The number of rotatable bonds is 6. The van der Waals surface area contributed by atoms with Crippen molar-refractivity contribution in [3.8, 4) is 0 Å². The van der Waals surface area contributed by atoms with Gasteiger partial charge in [-0.2, -0.15) is 0 Å². The normalized spacial score (nSPS) is 14.2. The zero-order chi connectivity index (χ0) is 16.9. The lowest BCUT2D eigenvalue weighted by atomic mass is 9.97. The first-order chi connectivity index (χ1) is 11.0. The standard InChI is InChI=1S/C17H19NO2S3/c1-13(17(21)22-2)16(14-9-5-3-6-10-14)18-23(19,20)15-11-7-4-8-12-15/h3-13,16,18H,1-2H3. The van der Waals surface area contributed by atoms with Crippen molar-refractivity contribution < 1.29 is 8.42 Å². The molecule has 0 saturated carbocycles. The molecule has 0 fully saturated rings. The van der Waals surface area contributed by atoms with Crippen LogP contribution in [0.3, 0.4) is 0 Å². The molecule has 2 aromatic carbocycles. The minimum Gasteiger partial charge on any atom is -0.207 e. The number of thiocarbonyl (C=S) groups is 1. The van der Waals surface area contributed by atoms with Crippen LogP contribution < -0.4 is 4.72 Å². The van der Waals surface area contributed by atoms with E-state index in [1.54, 1.807) is 30.3 Å². The second-order valence-corrected chi connectivity index (χ2v) is 8.39. The summed E-state index contributed by atoms with van der Waals surface area (Å²) in [6, 6.07) is 17.5. The molecule has 0 aromatic heterocycles. The van der Waals surface area contributed by atoms with Gasteiger partial charge in [0.15, 0.2) is 0 Å². The maximum absolute atomic E-state index is 12.7. The highest BCUT2D eigenvalue weighted by molar-refractivity contribution is 8.22. The third-order valence-corrected chi connectivity index (χ3v) is 6.67. The van der Waals surface area contributed by atoms with Crippen LogP contribution in [-0.4, -0.2) is 18.9 Å². The van der Waals surface area contributed by atoms with Gasteiger partial charge in [0, 0.05) is 5.92 Å². The number of hydrogen-bond donors (Lipinski definition) is 1. The monoisotopic (exact) mass is 365 g/mol. The summed E-state index contributed by atoms with van der Waals surface area (Å²) in [4.78, 5) is 0.253. The van der Waals surface area contributed by atoms with E-state index >= 15 is 0 Å². The van der Waals surface area contributed by atoms with E-state index in [2.05, 4.69) is 4.72 Å². The summed E-state index contributed by atoms with van der Waals surface area (Å²) in [5.41, 5.74) is 0.899. The van der Waals surface area contributed by atoms with Crippen molar-refractivity contribution in [3.63, 3.8) is 0 Å². The predicted octanol–water partition coefficient (Wildman–Crippen LogP) is 4.03. The second-order valence-electron chi connectivity index (χ2n) is 5.13. The molecule has 23 heavy (non-hydrogen) atoms. The maximum Gasteiger partial charge on any atom is 0.241 e. The third kappa shape index (κ3) is 4.64. The van der Waals surface area contributed by atoms with Gasteiger partial charge in [0.1, 0.15) is 0 Å². The Morgan fingerprint density at radius 1 is 1.04 bits per heavy atom. The van der Waals surface area contributed by atoms with Gasteiger partial charge in [0.05, 0.1) is 15.1 Å². The molecule has 122 valence electrons. The molecule has 2 atom stereocenters. The molecule has 6 heteroatoms. The average Bonchev–Trinajstić information content (AvgIpc) is 2.60. The van der Waals surface area contributed by atoms with Gasteiger partial charge in [-0.15, -0.1) is 11.8 Å². The number of sulfonamides is 1. The third-order valence-electron chi connectivity index (χ3n) is 3.57. The maximum atomic E-state index is 12.7. The molecule has 0 spiro atoms. The first-order valence-electron chi connectivity index (χ1n) is 7.16. The summed E-state index contributed by atoms with van der Waals surface area (Å²) in [5.74, 6) is -0.110. The van der Waals surface area contributed by atoms with Gasteiger partial charge in [-0.25, -0.2) is 13.1 Å². The molecule has 2 rings (SSSR count). The van der Waals surface area contributed by atoms with Crippen LogP contribution in [0.25, 0.3) is 0 Å². The molecule has 0 saturated heterocycles. The Hall–Kier alpha value is -1.21. The number of thioether (sulfide) groups is 1. The number of hydrogen-bond acceptors (Lipinski definition) is 4. The molecule has 1 N–H and O–H groups in total. The van der Waals surface area contributed by atoms with E-state index < -0.39 is 16.1 Å². The minimum atomic E-state index is -3.61. The molecule has 2 aromatic rings. The van der Waals surface area contributed by atoms with Gasteiger partial charge in [0.25, 0.3) is 0 Å². The summed E-state index contributed by atoms with van der Waals surface area (Å²) in [7, 11) is -3.61. The van der Waals surface area contributed by atoms with Crippen molar-refractivity contribution >= 4 is 38.2 Å². The van der Waals surface area contributed by atoms with Gasteiger partial charge in [0.2, 0.25) is 10.0 Å². The number of benzene rings is 2. The van der Waals surface area contributed by atoms with Crippen LogP contribution in [0.5, 0.6) is 0 Å². The van der Waals surface area contributed by atoms with Crippen molar-refractivity contribution in [1.29, 1.82) is 0 Å². The van der Waals surface area contributed by atoms with Crippen LogP contribution in [-0.2, 0) is 10.0 Å². The van der Waals surface area contributed by atoms with E-state index in [0.29, 0.717) is 0 Å². The first-order valence-corrected chi connectivity index (χ1v) is 10.3. The lowest BCUT2D eigenvalue weighted by Crippen LogP contribution is -2.34. The van der Waals surface area contributed by atoms with Crippen molar-refractivity contribution in [2.75, 3.05) is 6.26 Å². The molecule has 0 amide bonds. The molecule has 0 aliphatic carbocycles. The Balaban J connectivity index is 2.37. The van der Waals surface area contributed by atoms with Crippen molar-refractivity contribution in [2.45, 2.75) is 17.9 Å². The first kappa shape index (κ1) is 18.1. The zero-order valence-corrected chi connectivity index (χ0v) is 15.4. The van der Waals surface area contributed by atoms with Gasteiger partial charge in [-0.3, -0.25) is 0 Å². The van der Waals surface area contributed by atoms with Gasteiger partial charge in [-0.1, -0.05) is 67.7 Å². The molecular weight excluding hydrogens is 346 g/mol. The van der Waals surface area contributed by atoms with Crippen molar-refractivity contribution in [1.82, 2.24) is 4.72 Å². The van der Waals surface area contributed by atoms with E-state index in [1.165, 1.54) is 11.8 Å². The van der Waals surface area contributed by atoms with Gasteiger partial charge < -0.3 is 0 Å². The van der Waals surface area contributed by atoms with E-state index in [0.717, 1.165) is 9.76 Å².